The Morgan fingerprint density at radius 1 is 1.04 bits per heavy atom. The van der Waals surface area contributed by atoms with Gasteiger partial charge in [-0.05, 0) is 12.1 Å². The maximum atomic E-state index is 12.9. The van der Waals surface area contributed by atoms with Gasteiger partial charge in [-0.2, -0.15) is 34.8 Å². The first kappa shape index (κ1) is 21.0. The number of para-hydroxylation sites is 1. The Labute approximate surface area is 137 Å². The van der Waals surface area contributed by atoms with E-state index in [1.165, 1.54) is 24.3 Å². The highest BCUT2D eigenvalue weighted by molar-refractivity contribution is 7.85. The molecule has 25 heavy (non-hydrogen) atoms. The maximum Gasteiger partial charge on any atom is 0.438 e. The van der Waals surface area contributed by atoms with E-state index in [-0.39, 0.29) is 5.69 Å². The first-order chi connectivity index (χ1) is 11.2. The molecule has 0 aliphatic heterocycles. The first-order valence-electron chi connectivity index (χ1n) is 6.27. The maximum absolute atomic E-state index is 12.9. The lowest BCUT2D eigenvalue weighted by molar-refractivity contribution is -0.361. The summed E-state index contributed by atoms with van der Waals surface area (Å²) in [6.07, 6.45) is -12.7. The number of rotatable bonds is 6. The average Bonchev–Trinajstić information content (AvgIpc) is 2.41. The minimum atomic E-state index is -6.34. The third-order valence-corrected chi connectivity index (χ3v) is 3.57. The molecule has 0 aliphatic rings. The van der Waals surface area contributed by atoms with Crippen molar-refractivity contribution >= 4 is 21.8 Å². The zero-order valence-electron chi connectivity index (χ0n) is 12.1. The van der Waals surface area contributed by atoms with Crippen LogP contribution in [0.15, 0.2) is 30.3 Å². The van der Waals surface area contributed by atoms with Gasteiger partial charge in [-0.3, -0.25) is 9.35 Å². The Balaban J connectivity index is 3.09. The van der Waals surface area contributed by atoms with Crippen LogP contribution in [0.25, 0.3) is 0 Å². The fourth-order valence-corrected chi connectivity index (χ4v) is 2.59. The van der Waals surface area contributed by atoms with Crippen LogP contribution in [0.2, 0.25) is 0 Å². The number of anilines is 1. The number of ether oxygens (including phenoxy) is 1. The van der Waals surface area contributed by atoms with E-state index in [0.717, 1.165) is 0 Å². The largest absolute Gasteiger partial charge is 0.438 e. The van der Waals surface area contributed by atoms with Crippen molar-refractivity contribution in [1.29, 1.82) is 0 Å². The van der Waals surface area contributed by atoms with Crippen molar-refractivity contribution in [2.24, 2.45) is 0 Å². The monoisotopic (exact) mass is 395 g/mol. The molecule has 0 unspecified atom stereocenters. The second kappa shape index (κ2) is 7.07. The second-order valence-electron chi connectivity index (χ2n) is 4.74. The van der Waals surface area contributed by atoms with Gasteiger partial charge < -0.3 is 10.1 Å². The van der Waals surface area contributed by atoms with Crippen LogP contribution in [0, 0.1) is 0 Å². The highest BCUT2D eigenvalue weighted by Gasteiger charge is 2.75. The van der Waals surface area contributed by atoms with Gasteiger partial charge >= 0.3 is 23.9 Å². The van der Waals surface area contributed by atoms with E-state index in [1.807, 2.05) is 0 Å². The zero-order chi connectivity index (χ0) is 19.5. The number of halogens is 6. The Morgan fingerprint density at radius 2 is 1.52 bits per heavy atom. The Bertz CT molecular complexity index is 687. The van der Waals surface area contributed by atoms with Crippen LogP contribution in [-0.4, -0.2) is 49.2 Å². The van der Waals surface area contributed by atoms with Gasteiger partial charge in [0.25, 0.3) is 10.1 Å². The molecule has 0 bridgehead atoms. The van der Waals surface area contributed by atoms with E-state index in [9.17, 15) is 39.6 Å². The molecule has 1 rings (SSSR count). The molecule has 0 heterocycles. The zero-order valence-corrected chi connectivity index (χ0v) is 12.9. The molecule has 1 aromatic carbocycles. The molecular weight excluding hydrogens is 384 g/mol. The lowest BCUT2D eigenvalue weighted by atomic mass is 10.1. The van der Waals surface area contributed by atoms with Gasteiger partial charge in [-0.1, -0.05) is 18.2 Å². The fraction of sp³-hybridized carbons (Fsp3) is 0.417. The van der Waals surface area contributed by atoms with E-state index >= 15 is 0 Å². The molecule has 13 heteroatoms. The summed E-state index contributed by atoms with van der Waals surface area (Å²) in [6, 6.07) is 7.25. The van der Waals surface area contributed by atoms with Gasteiger partial charge in [-0.25, -0.2) is 0 Å². The Morgan fingerprint density at radius 3 is 1.92 bits per heavy atom. The number of hydrogen-bond acceptors (Lipinski definition) is 5. The molecule has 0 amide bonds. The molecule has 0 aliphatic carbocycles. The second-order valence-corrected chi connectivity index (χ2v) is 6.19. The molecule has 0 saturated carbocycles. The van der Waals surface area contributed by atoms with E-state index in [1.54, 1.807) is 6.07 Å². The number of benzene rings is 1. The predicted octanol–water partition coefficient (Wildman–Crippen LogP) is 2.39. The normalized spacial score (nSPS) is 13.4. The van der Waals surface area contributed by atoms with Crippen molar-refractivity contribution in [2.75, 3.05) is 17.6 Å². The molecule has 0 fully saturated rings. The molecule has 0 aromatic heterocycles. The van der Waals surface area contributed by atoms with E-state index in [0.29, 0.717) is 0 Å². The molecule has 142 valence electrons. The highest BCUT2D eigenvalue weighted by Crippen LogP contribution is 2.46. The number of alkyl halides is 6. The van der Waals surface area contributed by atoms with E-state index < -0.39 is 46.3 Å². The average molecular weight is 395 g/mol. The van der Waals surface area contributed by atoms with Crippen LogP contribution in [0.5, 0.6) is 0 Å². The Hall–Kier alpha value is -2.02. The lowest BCUT2D eigenvalue weighted by Gasteiger charge is -2.35. The lowest BCUT2D eigenvalue weighted by Crippen LogP contribution is -2.63. The molecule has 0 radical (unpaired) electrons. The smallest absolute Gasteiger partial charge is 0.437 e. The number of carbonyl (C=O) groups excluding carboxylic acids is 1. The van der Waals surface area contributed by atoms with Crippen LogP contribution in [-0.2, 0) is 19.6 Å². The van der Waals surface area contributed by atoms with E-state index in [4.69, 9.17) is 4.55 Å². The van der Waals surface area contributed by atoms with Gasteiger partial charge in [0.15, 0.2) is 0 Å². The first-order valence-corrected chi connectivity index (χ1v) is 7.88. The van der Waals surface area contributed by atoms with Gasteiger partial charge in [0.1, 0.15) is 12.3 Å². The van der Waals surface area contributed by atoms with Crippen molar-refractivity contribution in [2.45, 2.75) is 18.0 Å². The Kier molecular flexibility index (Phi) is 5.95. The summed E-state index contributed by atoms with van der Waals surface area (Å²) < 4.78 is 111. The van der Waals surface area contributed by atoms with Crippen LogP contribution in [0.3, 0.4) is 0 Å². The van der Waals surface area contributed by atoms with Crippen molar-refractivity contribution in [3.63, 3.8) is 0 Å². The highest BCUT2D eigenvalue weighted by atomic mass is 32.2. The van der Waals surface area contributed by atoms with Crippen LogP contribution >= 0.6 is 0 Å². The van der Waals surface area contributed by atoms with Gasteiger partial charge in [0.2, 0.25) is 0 Å². The molecule has 2 N–H and O–H groups in total. The van der Waals surface area contributed by atoms with Crippen LogP contribution < -0.4 is 5.32 Å². The van der Waals surface area contributed by atoms with Crippen molar-refractivity contribution in [1.82, 2.24) is 0 Å². The molecule has 1 aromatic rings. The standard InChI is InChI=1S/C12H11F6NO5S/c13-11(14,15)10(12(16,17)18,7-25(21,22)23)24-9(20)6-19-8-4-2-1-3-5-8/h1-5,19H,6-7H2,(H,21,22,23). The summed E-state index contributed by atoms with van der Waals surface area (Å²) in [5.74, 6) is -4.94. The third kappa shape index (κ3) is 5.49. The van der Waals surface area contributed by atoms with Crippen LogP contribution in [0.1, 0.15) is 0 Å². The number of nitrogens with one attached hydrogen (secondary N) is 1. The van der Waals surface area contributed by atoms with Crippen molar-refractivity contribution in [3.05, 3.63) is 30.3 Å². The number of esters is 1. The molecular formula is C12H11F6NO5S. The van der Waals surface area contributed by atoms with Gasteiger partial charge in [-0.15, -0.1) is 0 Å². The molecule has 0 spiro atoms. The summed E-state index contributed by atoms with van der Waals surface area (Å²) in [5.41, 5.74) is -5.21. The minimum absolute atomic E-state index is 0.193. The fourth-order valence-electron chi connectivity index (χ4n) is 1.69. The van der Waals surface area contributed by atoms with Gasteiger partial charge in [0, 0.05) is 5.69 Å². The molecule has 0 saturated heterocycles. The summed E-state index contributed by atoms with van der Waals surface area (Å²) in [6.45, 7) is -1.11. The van der Waals surface area contributed by atoms with E-state index in [2.05, 4.69) is 10.1 Å². The predicted molar refractivity (Wildman–Crippen MR) is 72.3 cm³/mol. The van der Waals surface area contributed by atoms with Crippen LogP contribution in [0.4, 0.5) is 32.0 Å². The van der Waals surface area contributed by atoms with Crippen molar-refractivity contribution < 1.29 is 48.8 Å². The topological polar surface area (TPSA) is 92.7 Å². The minimum Gasteiger partial charge on any atom is -0.437 e. The summed E-state index contributed by atoms with van der Waals surface area (Å²) in [5, 5.41) is 2.21. The number of carbonyl (C=O) groups is 1. The SMILES string of the molecule is O=C(CNc1ccccc1)OC(CS(=O)(=O)O)(C(F)(F)F)C(F)(F)F. The number of hydrogen-bond donors (Lipinski definition) is 2. The van der Waals surface area contributed by atoms with Gasteiger partial charge in [0.05, 0.1) is 0 Å². The summed E-state index contributed by atoms with van der Waals surface area (Å²) in [4.78, 5) is 11.4. The summed E-state index contributed by atoms with van der Waals surface area (Å²) in [7, 11) is -5.80. The summed E-state index contributed by atoms with van der Waals surface area (Å²) >= 11 is 0. The third-order valence-electron chi connectivity index (χ3n) is 2.80. The van der Waals surface area contributed by atoms with Crippen molar-refractivity contribution in [3.8, 4) is 0 Å². The molecule has 0 atom stereocenters. The molecule has 6 nitrogen and oxygen atoms in total. The quantitative estimate of drug-likeness (QED) is 0.437.